The number of anilines is 1. The molecule has 0 unspecified atom stereocenters. The monoisotopic (exact) mass is 676 g/mol. The van der Waals surface area contributed by atoms with Crippen LogP contribution in [0.4, 0.5) is 11.4 Å². The van der Waals surface area contributed by atoms with Crippen LogP contribution in [0.1, 0.15) is 47.6 Å². The minimum atomic E-state index is 0.282. The average Bonchev–Trinajstić information content (AvgIpc) is 3.54. The number of nitrogens with zero attached hydrogens (tertiary/aromatic N) is 1. The van der Waals surface area contributed by atoms with Crippen molar-refractivity contribution < 1.29 is 9.47 Å². The van der Waals surface area contributed by atoms with Gasteiger partial charge in [-0.15, -0.1) is 0 Å². The second-order valence-corrected chi connectivity index (χ2v) is 12.3. The minimum Gasteiger partial charge on any atom is -0.490 e. The van der Waals surface area contributed by atoms with Crippen LogP contribution in [-0.4, -0.2) is 12.8 Å². The van der Waals surface area contributed by atoms with E-state index in [-0.39, 0.29) is 6.04 Å². The van der Waals surface area contributed by atoms with Crippen molar-refractivity contribution in [3.05, 3.63) is 141 Å². The molecule has 0 amide bonds. The largest absolute Gasteiger partial charge is 0.490 e. The van der Waals surface area contributed by atoms with Gasteiger partial charge >= 0.3 is 0 Å². The first kappa shape index (κ1) is 27.7. The van der Waals surface area contributed by atoms with E-state index in [2.05, 4.69) is 137 Å². The highest BCUT2D eigenvalue weighted by Gasteiger charge is 2.37. The number of para-hydroxylation sites is 1. The van der Waals surface area contributed by atoms with Gasteiger partial charge in [-0.1, -0.05) is 84.9 Å². The van der Waals surface area contributed by atoms with Crippen molar-refractivity contribution in [1.82, 2.24) is 0 Å². The lowest BCUT2D eigenvalue weighted by molar-refractivity contribution is 0.268. The van der Waals surface area contributed by atoms with Crippen LogP contribution in [0.5, 0.6) is 11.5 Å². The van der Waals surface area contributed by atoms with Crippen LogP contribution in [0.25, 0.3) is 10.8 Å². The van der Waals surface area contributed by atoms with Gasteiger partial charge in [-0.05, 0) is 105 Å². The van der Waals surface area contributed by atoms with E-state index in [0.29, 0.717) is 25.0 Å². The Bertz CT molecular complexity index is 1820. The number of nitrogens with one attached hydrogen (secondary N) is 1. The molecule has 0 fully saturated rings. The van der Waals surface area contributed by atoms with Crippen LogP contribution >= 0.6 is 22.6 Å². The van der Waals surface area contributed by atoms with Crippen molar-refractivity contribution in [3.8, 4) is 11.5 Å². The minimum absolute atomic E-state index is 0.282. The number of rotatable bonds is 8. The molecule has 0 spiro atoms. The number of benzene rings is 5. The summed E-state index contributed by atoms with van der Waals surface area (Å²) in [5.74, 6) is 2.50. The van der Waals surface area contributed by atoms with Gasteiger partial charge in [0.15, 0.2) is 11.5 Å². The zero-order valence-electron chi connectivity index (χ0n) is 24.0. The first-order valence-electron chi connectivity index (χ1n) is 14.9. The molecule has 0 saturated heterocycles. The van der Waals surface area contributed by atoms with E-state index in [1.807, 2.05) is 19.2 Å². The van der Waals surface area contributed by atoms with Crippen LogP contribution in [0.3, 0.4) is 0 Å². The van der Waals surface area contributed by atoms with E-state index in [0.717, 1.165) is 38.3 Å². The van der Waals surface area contributed by atoms with Gasteiger partial charge in [0.1, 0.15) is 6.61 Å². The van der Waals surface area contributed by atoms with Gasteiger partial charge in [0, 0.05) is 17.8 Å². The highest BCUT2D eigenvalue weighted by molar-refractivity contribution is 14.1. The van der Waals surface area contributed by atoms with Gasteiger partial charge in [0.05, 0.1) is 21.9 Å². The predicted molar refractivity (Wildman–Crippen MR) is 185 cm³/mol. The summed E-state index contributed by atoms with van der Waals surface area (Å²) in [6, 6.07) is 36.5. The van der Waals surface area contributed by atoms with Crippen LogP contribution in [-0.2, 0) is 6.61 Å². The Morgan fingerprint density at radius 1 is 0.907 bits per heavy atom. The topological polar surface area (TPSA) is 42.8 Å². The smallest absolute Gasteiger partial charge is 0.175 e. The van der Waals surface area contributed by atoms with Crippen LogP contribution in [0.15, 0.2) is 120 Å². The predicted octanol–water partition coefficient (Wildman–Crippen LogP) is 10.00. The first-order valence-corrected chi connectivity index (χ1v) is 16.0. The fraction of sp³-hybridized carbons (Fsp3) is 0.184. The van der Waals surface area contributed by atoms with E-state index in [9.17, 15) is 0 Å². The van der Waals surface area contributed by atoms with Crippen molar-refractivity contribution in [1.29, 1.82) is 0 Å². The van der Waals surface area contributed by atoms with Crippen LogP contribution in [0, 0.1) is 9.49 Å². The second-order valence-electron chi connectivity index (χ2n) is 11.1. The molecule has 2 aliphatic rings. The summed E-state index contributed by atoms with van der Waals surface area (Å²) in [5, 5.41) is 6.23. The van der Waals surface area contributed by atoms with Gasteiger partial charge in [0.25, 0.3) is 0 Å². The molecule has 1 heterocycles. The summed E-state index contributed by atoms with van der Waals surface area (Å²) < 4.78 is 13.4. The third-order valence-corrected chi connectivity index (χ3v) is 9.27. The van der Waals surface area contributed by atoms with Gasteiger partial charge in [0.2, 0.25) is 0 Å². The van der Waals surface area contributed by atoms with Crippen molar-refractivity contribution >= 4 is 51.0 Å². The number of hydrogen-bond donors (Lipinski definition) is 1. The number of aliphatic imine (C=N–C) groups is 1. The van der Waals surface area contributed by atoms with Gasteiger partial charge < -0.3 is 14.8 Å². The molecule has 5 heteroatoms. The van der Waals surface area contributed by atoms with E-state index in [4.69, 9.17) is 14.5 Å². The SMILES string of the molecule is CCOc1cc(C=Nc2ccc([C@@H]3Nc4ccccc4[C@H]4C=CC[C@H]43)cc2)cc(I)c1OCc1cccc2ccccc12. The molecular weight excluding hydrogens is 643 g/mol. The standard InChI is InChI=1S/C38H33IN2O2/c1-2-42-36-22-25(21-34(39)38(36)43-24-28-11-7-10-26-9-3-4-12-30(26)28)23-40-29-19-17-27(18-20-29)37-33-15-8-14-31(33)32-13-5-6-16-35(32)41-37/h3-14,16-23,31,33,37,41H,2,15,24H2,1H3/t31-,33-,37+/m1/s1. The lowest BCUT2D eigenvalue weighted by Gasteiger charge is -2.37. The maximum atomic E-state index is 6.37. The molecule has 1 N–H and O–H groups in total. The summed E-state index contributed by atoms with van der Waals surface area (Å²) in [5.41, 5.74) is 6.99. The second kappa shape index (κ2) is 12.3. The Balaban J connectivity index is 1.08. The van der Waals surface area contributed by atoms with Crippen LogP contribution in [0.2, 0.25) is 0 Å². The van der Waals surface area contributed by atoms with E-state index >= 15 is 0 Å². The normalized spacial score (nSPS) is 18.8. The zero-order valence-corrected chi connectivity index (χ0v) is 26.2. The zero-order chi connectivity index (χ0) is 29.2. The molecule has 0 aromatic heterocycles. The molecule has 5 aromatic rings. The van der Waals surface area contributed by atoms with E-state index in [1.54, 1.807) is 0 Å². The lowest BCUT2D eigenvalue weighted by atomic mass is 9.77. The molecule has 0 bridgehead atoms. The summed E-state index contributed by atoms with van der Waals surface area (Å²) in [4.78, 5) is 4.81. The maximum absolute atomic E-state index is 6.37. The summed E-state index contributed by atoms with van der Waals surface area (Å²) in [6.45, 7) is 3.02. The number of ether oxygens (including phenoxy) is 2. The van der Waals surface area contributed by atoms with Crippen molar-refractivity contribution in [2.45, 2.75) is 31.9 Å². The Morgan fingerprint density at radius 2 is 1.72 bits per heavy atom. The molecule has 5 aromatic carbocycles. The highest BCUT2D eigenvalue weighted by atomic mass is 127. The summed E-state index contributed by atoms with van der Waals surface area (Å²) in [6.07, 6.45) is 7.72. The fourth-order valence-electron chi connectivity index (χ4n) is 6.42. The third kappa shape index (κ3) is 5.66. The number of allylic oxidation sites excluding steroid dienone is 2. The highest BCUT2D eigenvalue weighted by Crippen LogP contribution is 2.49. The third-order valence-electron chi connectivity index (χ3n) is 8.47. The fourth-order valence-corrected chi connectivity index (χ4v) is 7.21. The Kier molecular flexibility index (Phi) is 7.90. The Hall–Kier alpha value is -4.10. The molecule has 4 nitrogen and oxygen atoms in total. The quantitative estimate of drug-likeness (QED) is 0.101. The van der Waals surface area contributed by atoms with Gasteiger partial charge in [-0.2, -0.15) is 0 Å². The molecule has 214 valence electrons. The molecule has 7 rings (SSSR count). The van der Waals surface area contributed by atoms with Crippen molar-refractivity contribution in [2.24, 2.45) is 10.9 Å². The molecule has 0 saturated carbocycles. The van der Waals surface area contributed by atoms with Gasteiger partial charge in [-0.3, -0.25) is 4.99 Å². The molecule has 1 aliphatic carbocycles. The lowest BCUT2D eigenvalue weighted by Crippen LogP contribution is -2.28. The first-order chi connectivity index (χ1) is 21.2. The Labute approximate surface area is 266 Å². The van der Waals surface area contributed by atoms with E-state index in [1.165, 1.54) is 27.6 Å². The maximum Gasteiger partial charge on any atom is 0.175 e. The molecule has 3 atom stereocenters. The summed E-state index contributed by atoms with van der Waals surface area (Å²) in [7, 11) is 0. The van der Waals surface area contributed by atoms with Gasteiger partial charge in [-0.25, -0.2) is 0 Å². The molecule has 0 radical (unpaired) electrons. The molecular formula is C38H33IN2O2. The van der Waals surface area contributed by atoms with E-state index < -0.39 is 0 Å². The van der Waals surface area contributed by atoms with Crippen molar-refractivity contribution in [3.63, 3.8) is 0 Å². The molecule has 1 aliphatic heterocycles. The summed E-state index contributed by atoms with van der Waals surface area (Å²) >= 11 is 2.33. The van der Waals surface area contributed by atoms with Crippen molar-refractivity contribution in [2.75, 3.05) is 11.9 Å². The van der Waals surface area contributed by atoms with Crippen LogP contribution < -0.4 is 14.8 Å². The number of hydrogen-bond acceptors (Lipinski definition) is 4. The molecule has 43 heavy (non-hydrogen) atoms. The number of halogens is 1. The average molecular weight is 677 g/mol. The Morgan fingerprint density at radius 3 is 2.60 bits per heavy atom. The number of fused-ring (bicyclic) bond motifs is 4.